The molecule has 1 rings (SSSR count). The van der Waals surface area contributed by atoms with Crippen molar-refractivity contribution in [1.82, 2.24) is 9.97 Å². The Bertz CT molecular complexity index is 307. The molecule has 1 aromatic rings. The zero-order valence-corrected chi connectivity index (χ0v) is 6.67. The summed E-state index contributed by atoms with van der Waals surface area (Å²) in [5.74, 6) is 0. The predicted molar refractivity (Wildman–Crippen MR) is 40.9 cm³/mol. The largest absolute Gasteiger partial charge is 0.433 e. The van der Waals surface area contributed by atoms with Crippen LogP contribution in [-0.2, 0) is 12.6 Å². The second-order valence-electron chi connectivity index (χ2n) is 2.39. The van der Waals surface area contributed by atoms with E-state index < -0.39 is 11.9 Å². The minimum absolute atomic E-state index is 0.0463. The van der Waals surface area contributed by atoms with Crippen LogP contribution >= 0.6 is 0 Å². The summed E-state index contributed by atoms with van der Waals surface area (Å²) >= 11 is 0. The molecule has 1 heterocycles. The Morgan fingerprint density at radius 3 is 2.69 bits per heavy atom. The van der Waals surface area contributed by atoms with Gasteiger partial charge in [-0.1, -0.05) is 6.08 Å². The summed E-state index contributed by atoms with van der Waals surface area (Å²) in [4.78, 5) is 6.70. The lowest BCUT2D eigenvalue weighted by molar-refractivity contribution is -0.141. The molecule has 0 aliphatic heterocycles. The highest BCUT2D eigenvalue weighted by molar-refractivity contribution is 5.21. The Balaban J connectivity index is 3.11. The maximum absolute atomic E-state index is 12.2. The van der Waals surface area contributed by atoms with E-state index in [1.165, 1.54) is 6.08 Å². The highest BCUT2D eigenvalue weighted by atomic mass is 19.4. The van der Waals surface area contributed by atoms with E-state index in [0.29, 0.717) is 0 Å². The van der Waals surface area contributed by atoms with Crippen molar-refractivity contribution in [3.05, 3.63) is 36.4 Å². The second-order valence-corrected chi connectivity index (χ2v) is 2.39. The van der Waals surface area contributed by atoms with Gasteiger partial charge in [-0.15, -0.1) is 6.58 Å². The molecule has 0 fully saturated rings. The number of rotatable bonds is 2. The molecule has 5 heteroatoms. The molecule has 0 amide bonds. The minimum Gasteiger partial charge on any atom is -0.244 e. The first-order valence-electron chi connectivity index (χ1n) is 3.52. The maximum atomic E-state index is 12.2. The van der Waals surface area contributed by atoms with Gasteiger partial charge in [-0.05, 0) is 6.42 Å². The highest BCUT2D eigenvalue weighted by Gasteiger charge is 2.34. The van der Waals surface area contributed by atoms with Gasteiger partial charge >= 0.3 is 6.18 Å². The van der Waals surface area contributed by atoms with Crippen LogP contribution in [0.3, 0.4) is 0 Å². The molecule has 0 atom stereocenters. The summed E-state index contributed by atoms with van der Waals surface area (Å²) in [6.07, 6.45) is -0.877. The molecule has 2 nitrogen and oxygen atoms in total. The van der Waals surface area contributed by atoms with Crippen molar-refractivity contribution in [3.63, 3.8) is 0 Å². The Labute approximate surface area is 73.1 Å². The molecule has 13 heavy (non-hydrogen) atoms. The zero-order valence-electron chi connectivity index (χ0n) is 6.67. The van der Waals surface area contributed by atoms with Gasteiger partial charge in [-0.3, -0.25) is 0 Å². The molecule has 70 valence electrons. The minimum atomic E-state index is -4.42. The van der Waals surface area contributed by atoms with E-state index in [4.69, 9.17) is 0 Å². The van der Waals surface area contributed by atoms with Crippen LogP contribution in [0.15, 0.2) is 25.2 Å². The smallest absolute Gasteiger partial charge is 0.244 e. The van der Waals surface area contributed by atoms with Crippen molar-refractivity contribution in [2.75, 3.05) is 0 Å². The van der Waals surface area contributed by atoms with E-state index in [1.807, 2.05) is 0 Å². The highest BCUT2D eigenvalue weighted by Crippen LogP contribution is 2.29. The molecule has 1 aromatic heterocycles. The Morgan fingerprint density at radius 1 is 1.46 bits per heavy atom. The number of hydrogen-bond acceptors (Lipinski definition) is 2. The lowest BCUT2D eigenvalue weighted by Crippen LogP contribution is -2.11. The fourth-order valence-corrected chi connectivity index (χ4v) is 0.919. The van der Waals surface area contributed by atoms with Crippen molar-refractivity contribution in [2.24, 2.45) is 0 Å². The molecule has 0 aliphatic rings. The van der Waals surface area contributed by atoms with E-state index in [-0.39, 0.29) is 12.0 Å². The van der Waals surface area contributed by atoms with E-state index in [0.717, 1.165) is 12.5 Å². The molecule has 0 saturated carbocycles. The van der Waals surface area contributed by atoms with Gasteiger partial charge in [0, 0.05) is 11.8 Å². The lowest BCUT2D eigenvalue weighted by atomic mass is 10.1. The average Bonchev–Trinajstić information content (AvgIpc) is 2.04. The zero-order chi connectivity index (χ0) is 9.90. The SMILES string of the molecule is C=CCc1cncnc1C(F)(F)F. The summed E-state index contributed by atoms with van der Waals surface area (Å²) in [6, 6.07) is 0. The molecule has 0 aromatic carbocycles. The van der Waals surface area contributed by atoms with E-state index in [9.17, 15) is 13.2 Å². The van der Waals surface area contributed by atoms with Crippen molar-refractivity contribution in [1.29, 1.82) is 0 Å². The van der Waals surface area contributed by atoms with Crippen molar-refractivity contribution in [3.8, 4) is 0 Å². The number of aromatic nitrogens is 2. The standard InChI is InChI=1S/C8H7F3N2/c1-2-3-6-4-12-5-13-7(6)8(9,10)11/h2,4-5H,1,3H2. The van der Waals surface area contributed by atoms with Gasteiger partial charge in [0.15, 0.2) is 5.69 Å². The Kier molecular flexibility index (Phi) is 2.65. The Morgan fingerprint density at radius 2 is 2.15 bits per heavy atom. The van der Waals surface area contributed by atoms with Crippen LogP contribution in [0, 0.1) is 0 Å². The predicted octanol–water partition coefficient (Wildman–Crippen LogP) is 2.22. The van der Waals surface area contributed by atoms with Crippen molar-refractivity contribution in [2.45, 2.75) is 12.6 Å². The van der Waals surface area contributed by atoms with Crippen LogP contribution in [0.1, 0.15) is 11.3 Å². The fourth-order valence-electron chi connectivity index (χ4n) is 0.919. The average molecular weight is 188 g/mol. The molecule has 0 N–H and O–H groups in total. The molecule has 0 saturated heterocycles. The normalized spacial score (nSPS) is 11.3. The number of halogens is 3. The third-order valence-corrected chi connectivity index (χ3v) is 1.42. The number of allylic oxidation sites excluding steroid dienone is 1. The fraction of sp³-hybridized carbons (Fsp3) is 0.250. The molecule has 0 radical (unpaired) electrons. The van der Waals surface area contributed by atoms with Crippen LogP contribution in [0.2, 0.25) is 0 Å². The van der Waals surface area contributed by atoms with Crippen molar-refractivity contribution >= 4 is 0 Å². The first-order chi connectivity index (χ1) is 6.05. The molecular weight excluding hydrogens is 181 g/mol. The summed E-state index contributed by atoms with van der Waals surface area (Å²) < 4.78 is 36.7. The van der Waals surface area contributed by atoms with Crippen LogP contribution in [0.5, 0.6) is 0 Å². The third-order valence-electron chi connectivity index (χ3n) is 1.42. The monoisotopic (exact) mass is 188 g/mol. The number of alkyl halides is 3. The second kappa shape index (κ2) is 3.55. The van der Waals surface area contributed by atoms with E-state index in [1.54, 1.807) is 0 Å². The summed E-state index contributed by atoms with van der Waals surface area (Å²) in [5.41, 5.74) is -0.840. The topological polar surface area (TPSA) is 25.8 Å². The molecule has 0 aliphatic carbocycles. The summed E-state index contributed by atoms with van der Waals surface area (Å²) in [7, 11) is 0. The van der Waals surface area contributed by atoms with Crippen LogP contribution in [0.25, 0.3) is 0 Å². The maximum Gasteiger partial charge on any atom is 0.433 e. The lowest BCUT2D eigenvalue weighted by Gasteiger charge is -2.08. The van der Waals surface area contributed by atoms with Gasteiger partial charge in [0.05, 0.1) is 0 Å². The van der Waals surface area contributed by atoms with E-state index in [2.05, 4.69) is 16.5 Å². The summed E-state index contributed by atoms with van der Waals surface area (Å²) in [6.45, 7) is 3.36. The third kappa shape index (κ3) is 2.27. The first-order valence-corrected chi connectivity index (χ1v) is 3.52. The van der Waals surface area contributed by atoms with E-state index >= 15 is 0 Å². The Hall–Kier alpha value is -1.39. The molecule has 0 unspecified atom stereocenters. The van der Waals surface area contributed by atoms with Crippen LogP contribution in [0.4, 0.5) is 13.2 Å². The van der Waals surface area contributed by atoms with Gasteiger partial charge in [0.1, 0.15) is 6.33 Å². The quantitative estimate of drug-likeness (QED) is 0.665. The molecular formula is C8H7F3N2. The number of hydrogen-bond donors (Lipinski definition) is 0. The van der Waals surface area contributed by atoms with Gasteiger partial charge in [-0.25, -0.2) is 9.97 Å². The molecule has 0 bridgehead atoms. The first kappa shape index (κ1) is 9.70. The van der Waals surface area contributed by atoms with Gasteiger partial charge in [0.25, 0.3) is 0 Å². The number of nitrogens with zero attached hydrogens (tertiary/aromatic N) is 2. The van der Waals surface area contributed by atoms with Crippen LogP contribution < -0.4 is 0 Å². The van der Waals surface area contributed by atoms with Gasteiger partial charge < -0.3 is 0 Å². The van der Waals surface area contributed by atoms with Crippen LogP contribution in [-0.4, -0.2) is 9.97 Å². The van der Waals surface area contributed by atoms with Gasteiger partial charge in [-0.2, -0.15) is 13.2 Å². The summed E-state index contributed by atoms with van der Waals surface area (Å²) in [5, 5.41) is 0. The molecule has 0 spiro atoms. The van der Waals surface area contributed by atoms with Crippen molar-refractivity contribution < 1.29 is 13.2 Å². The van der Waals surface area contributed by atoms with Gasteiger partial charge in [0.2, 0.25) is 0 Å².